The maximum Gasteiger partial charge on any atom is 0.310 e. The minimum absolute atomic E-state index is 0.0183. The van der Waals surface area contributed by atoms with Crippen molar-refractivity contribution in [3.05, 3.63) is 29.8 Å². The Kier molecular flexibility index (Phi) is 5.10. The molecule has 0 aliphatic rings. The Bertz CT molecular complexity index is 482. The molecule has 1 unspecified atom stereocenters. The van der Waals surface area contributed by atoms with Gasteiger partial charge in [0.1, 0.15) is 5.75 Å². The van der Waals surface area contributed by atoms with E-state index in [1.165, 1.54) is 26.0 Å². The van der Waals surface area contributed by atoms with Gasteiger partial charge >= 0.3 is 5.97 Å². The highest BCUT2D eigenvalue weighted by Crippen LogP contribution is 2.14. The highest BCUT2D eigenvalue weighted by atomic mass is 16.4. The van der Waals surface area contributed by atoms with Gasteiger partial charge in [0.25, 0.3) is 0 Å². The molecule has 0 aliphatic heterocycles. The first kappa shape index (κ1) is 16.0. The van der Waals surface area contributed by atoms with Crippen LogP contribution in [0.4, 0.5) is 0 Å². The maximum atomic E-state index is 11.8. The predicted octanol–water partition coefficient (Wildman–Crippen LogP) is 0.489. The van der Waals surface area contributed by atoms with Crippen molar-refractivity contribution < 1.29 is 19.8 Å². The second kappa shape index (κ2) is 6.38. The standard InChI is InChI=1S/C14H20N2O4/c1-14(2,13(19)20)8-16-12(18)11(15)7-9-3-5-10(17)6-4-9/h3-6,11,17H,7-8,15H2,1-2H3,(H,16,18)(H,19,20). The molecule has 0 saturated carbocycles. The molecule has 0 radical (unpaired) electrons. The van der Waals surface area contributed by atoms with Gasteiger partial charge < -0.3 is 21.3 Å². The fourth-order valence-corrected chi connectivity index (χ4v) is 1.49. The summed E-state index contributed by atoms with van der Waals surface area (Å²) >= 11 is 0. The van der Waals surface area contributed by atoms with E-state index in [0.717, 1.165) is 5.56 Å². The van der Waals surface area contributed by atoms with E-state index in [1.54, 1.807) is 12.1 Å². The molecule has 1 amide bonds. The number of carbonyl (C=O) groups excluding carboxylic acids is 1. The smallest absolute Gasteiger partial charge is 0.310 e. The lowest BCUT2D eigenvalue weighted by molar-refractivity contribution is -0.146. The van der Waals surface area contributed by atoms with Gasteiger partial charge in [0.2, 0.25) is 5.91 Å². The number of nitrogens with one attached hydrogen (secondary N) is 1. The molecule has 1 aromatic carbocycles. The molecule has 0 aliphatic carbocycles. The van der Waals surface area contributed by atoms with Crippen molar-refractivity contribution in [1.29, 1.82) is 0 Å². The number of amides is 1. The number of hydrogen-bond donors (Lipinski definition) is 4. The number of aliphatic carboxylic acids is 1. The van der Waals surface area contributed by atoms with Crippen LogP contribution in [0, 0.1) is 5.41 Å². The van der Waals surface area contributed by atoms with Crippen LogP contribution in [-0.4, -0.2) is 34.7 Å². The van der Waals surface area contributed by atoms with Gasteiger partial charge in [-0.25, -0.2) is 0 Å². The third-order valence-electron chi connectivity index (χ3n) is 3.01. The number of carboxylic acid groups (broad SMARTS) is 1. The number of phenolic OH excluding ortho intramolecular Hbond substituents is 1. The van der Waals surface area contributed by atoms with E-state index in [4.69, 9.17) is 15.9 Å². The molecule has 0 fully saturated rings. The predicted molar refractivity (Wildman–Crippen MR) is 74.2 cm³/mol. The Labute approximate surface area is 117 Å². The van der Waals surface area contributed by atoms with Crippen LogP contribution in [0.1, 0.15) is 19.4 Å². The Morgan fingerprint density at radius 1 is 1.30 bits per heavy atom. The number of hydrogen-bond acceptors (Lipinski definition) is 4. The van der Waals surface area contributed by atoms with Crippen molar-refractivity contribution in [3.8, 4) is 5.75 Å². The molecule has 6 nitrogen and oxygen atoms in total. The second-order valence-electron chi connectivity index (χ2n) is 5.38. The molecule has 0 spiro atoms. The van der Waals surface area contributed by atoms with Crippen molar-refractivity contribution in [1.82, 2.24) is 5.32 Å². The molecule has 1 aromatic rings. The van der Waals surface area contributed by atoms with E-state index in [9.17, 15) is 9.59 Å². The van der Waals surface area contributed by atoms with E-state index in [-0.39, 0.29) is 12.3 Å². The molecule has 6 heteroatoms. The summed E-state index contributed by atoms with van der Waals surface area (Å²) in [6.07, 6.45) is 0.319. The second-order valence-corrected chi connectivity index (χ2v) is 5.38. The molecule has 0 bridgehead atoms. The quantitative estimate of drug-likeness (QED) is 0.605. The number of carbonyl (C=O) groups is 2. The van der Waals surface area contributed by atoms with Crippen LogP contribution in [-0.2, 0) is 16.0 Å². The molecule has 0 aromatic heterocycles. The van der Waals surface area contributed by atoms with Crippen molar-refractivity contribution in [2.24, 2.45) is 11.1 Å². The van der Waals surface area contributed by atoms with Gasteiger partial charge in [-0.3, -0.25) is 9.59 Å². The number of carboxylic acids is 1. The number of nitrogens with two attached hydrogens (primary N) is 1. The lowest BCUT2D eigenvalue weighted by atomic mass is 9.93. The Balaban J connectivity index is 2.51. The first-order valence-electron chi connectivity index (χ1n) is 6.27. The summed E-state index contributed by atoms with van der Waals surface area (Å²) < 4.78 is 0. The van der Waals surface area contributed by atoms with Gasteiger partial charge in [-0.1, -0.05) is 12.1 Å². The van der Waals surface area contributed by atoms with Gasteiger partial charge in [-0.15, -0.1) is 0 Å². The van der Waals surface area contributed by atoms with Crippen LogP contribution in [0.2, 0.25) is 0 Å². The SMILES string of the molecule is CC(C)(CNC(=O)C(N)Cc1ccc(O)cc1)C(=O)O. The van der Waals surface area contributed by atoms with Crippen molar-refractivity contribution in [2.45, 2.75) is 26.3 Å². The number of rotatable bonds is 6. The highest BCUT2D eigenvalue weighted by Gasteiger charge is 2.28. The van der Waals surface area contributed by atoms with Crippen LogP contribution in [0.5, 0.6) is 5.75 Å². The van der Waals surface area contributed by atoms with Crippen molar-refractivity contribution in [2.75, 3.05) is 6.54 Å². The van der Waals surface area contributed by atoms with Crippen LogP contribution in [0.3, 0.4) is 0 Å². The summed E-state index contributed by atoms with van der Waals surface area (Å²) in [4.78, 5) is 22.7. The summed E-state index contributed by atoms with van der Waals surface area (Å²) in [6.45, 7) is 3.08. The minimum atomic E-state index is -1.03. The Morgan fingerprint density at radius 2 is 1.85 bits per heavy atom. The monoisotopic (exact) mass is 280 g/mol. The van der Waals surface area contributed by atoms with E-state index in [1.807, 2.05) is 0 Å². The Morgan fingerprint density at radius 3 is 2.35 bits per heavy atom. The van der Waals surface area contributed by atoms with Crippen LogP contribution in [0.15, 0.2) is 24.3 Å². The molecule has 5 N–H and O–H groups in total. The summed E-state index contributed by atoms with van der Waals surface area (Å²) in [5.41, 5.74) is 5.56. The van der Waals surface area contributed by atoms with E-state index < -0.39 is 23.3 Å². The molecule has 1 rings (SSSR count). The molecule has 0 saturated heterocycles. The fourth-order valence-electron chi connectivity index (χ4n) is 1.49. The highest BCUT2D eigenvalue weighted by molar-refractivity contribution is 5.83. The van der Waals surface area contributed by atoms with Gasteiger partial charge in [-0.2, -0.15) is 0 Å². The molecule has 1 atom stereocenters. The van der Waals surface area contributed by atoms with Crippen LogP contribution in [0.25, 0.3) is 0 Å². The lowest BCUT2D eigenvalue weighted by Gasteiger charge is -2.21. The third kappa shape index (κ3) is 4.55. The molecule has 0 heterocycles. The van der Waals surface area contributed by atoms with Crippen LogP contribution >= 0.6 is 0 Å². The lowest BCUT2D eigenvalue weighted by Crippen LogP contribution is -2.46. The van der Waals surface area contributed by atoms with E-state index in [0.29, 0.717) is 6.42 Å². The maximum absolute atomic E-state index is 11.8. The van der Waals surface area contributed by atoms with Crippen molar-refractivity contribution >= 4 is 11.9 Å². The topological polar surface area (TPSA) is 113 Å². The average molecular weight is 280 g/mol. The van der Waals surface area contributed by atoms with Crippen LogP contribution < -0.4 is 11.1 Å². The van der Waals surface area contributed by atoms with Gasteiger partial charge in [-0.05, 0) is 38.0 Å². The summed E-state index contributed by atoms with van der Waals surface area (Å²) in [5, 5.41) is 20.6. The zero-order valence-electron chi connectivity index (χ0n) is 11.6. The largest absolute Gasteiger partial charge is 0.508 e. The normalized spacial score (nSPS) is 12.8. The fraction of sp³-hybridized carbons (Fsp3) is 0.429. The number of benzene rings is 1. The zero-order valence-corrected chi connectivity index (χ0v) is 11.6. The summed E-state index contributed by atoms with van der Waals surface area (Å²) in [6, 6.07) is 5.65. The van der Waals surface area contributed by atoms with Gasteiger partial charge in [0.15, 0.2) is 0 Å². The first-order valence-corrected chi connectivity index (χ1v) is 6.27. The molecular formula is C14H20N2O4. The van der Waals surface area contributed by atoms with Crippen molar-refractivity contribution in [3.63, 3.8) is 0 Å². The first-order chi connectivity index (χ1) is 9.22. The van der Waals surface area contributed by atoms with E-state index >= 15 is 0 Å². The van der Waals surface area contributed by atoms with Gasteiger partial charge in [0, 0.05) is 6.54 Å². The minimum Gasteiger partial charge on any atom is -0.508 e. The zero-order chi connectivity index (χ0) is 15.3. The van der Waals surface area contributed by atoms with E-state index in [2.05, 4.69) is 5.32 Å². The summed E-state index contributed by atoms with van der Waals surface area (Å²) in [7, 11) is 0. The third-order valence-corrected chi connectivity index (χ3v) is 3.01. The summed E-state index contributed by atoms with van der Waals surface area (Å²) in [5.74, 6) is -1.23. The molecular weight excluding hydrogens is 260 g/mol. The Hall–Kier alpha value is -2.08. The average Bonchev–Trinajstić information content (AvgIpc) is 2.38. The number of phenols is 1. The van der Waals surface area contributed by atoms with Gasteiger partial charge in [0.05, 0.1) is 11.5 Å². The molecule has 20 heavy (non-hydrogen) atoms. The number of aromatic hydroxyl groups is 1. The molecule has 110 valence electrons.